The van der Waals surface area contributed by atoms with Gasteiger partial charge in [-0.2, -0.15) is 0 Å². The van der Waals surface area contributed by atoms with E-state index in [2.05, 4.69) is 43.4 Å². The molecule has 0 radical (unpaired) electrons. The molecular formula is C17H20FN. The molecule has 2 heteroatoms. The lowest BCUT2D eigenvalue weighted by Crippen LogP contribution is -2.21. The lowest BCUT2D eigenvalue weighted by atomic mass is 10.1. The Balaban J connectivity index is 1.85. The molecule has 1 N–H and O–H groups in total. The summed E-state index contributed by atoms with van der Waals surface area (Å²) in [6, 6.07) is 15.6. The lowest BCUT2D eigenvalue weighted by molar-refractivity contribution is 0.574. The van der Waals surface area contributed by atoms with E-state index in [-0.39, 0.29) is 5.82 Å². The summed E-state index contributed by atoms with van der Waals surface area (Å²) < 4.78 is 13.0. The third-order valence-electron chi connectivity index (χ3n) is 3.30. The molecule has 2 aromatic rings. The van der Waals surface area contributed by atoms with Crippen LogP contribution in [-0.2, 0) is 6.42 Å². The van der Waals surface area contributed by atoms with Crippen molar-refractivity contribution in [2.24, 2.45) is 0 Å². The van der Waals surface area contributed by atoms with Gasteiger partial charge in [0, 0.05) is 6.04 Å². The zero-order chi connectivity index (χ0) is 13.7. The Hall–Kier alpha value is -1.67. The third kappa shape index (κ3) is 4.18. The molecule has 0 fully saturated rings. The van der Waals surface area contributed by atoms with Crippen LogP contribution in [-0.4, -0.2) is 6.54 Å². The first-order valence-corrected chi connectivity index (χ1v) is 6.69. The summed E-state index contributed by atoms with van der Waals surface area (Å²) in [7, 11) is 0. The largest absolute Gasteiger partial charge is 0.310 e. The summed E-state index contributed by atoms with van der Waals surface area (Å²) >= 11 is 0. The van der Waals surface area contributed by atoms with Gasteiger partial charge in [-0.15, -0.1) is 0 Å². The highest BCUT2D eigenvalue weighted by atomic mass is 19.1. The molecule has 19 heavy (non-hydrogen) atoms. The second-order valence-corrected chi connectivity index (χ2v) is 4.97. The zero-order valence-electron chi connectivity index (χ0n) is 11.5. The van der Waals surface area contributed by atoms with Crippen LogP contribution in [0.2, 0.25) is 0 Å². The number of rotatable bonds is 5. The molecule has 1 atom stereocenters. The zero-order valence-corrected chi connectivity index (χ0v) is 11.5. The first-order chi connectivity index (χ1) is 9.15. The van der Waals surface area contributed by atoms with E-state index in [4.69, 9.17) is 0 Å². The molecule has 0 aliphatic heterocycles. The normalized spacial score (nSPS) is 12.4. The van der Waals surface area contributed by atoms with Crippen molar-refractivity contribution in [3.8, 4) is 0 Å². The molecule has 100 valence electrons. The quantitative estimate of drug-likeness (QED) is 0.852. The molecule has 2 rings (SSSR count). The van der Waals surface area contributed by atoms with Crippen LogP contribution in [0.4, 0.5) is 4.39 Å². The molecule has 0 bridgehead atoms. The van der Waals surface area contributed by atoms with Crippen LogP contribution in [0.1, 0.15) is 29.7 Å². The number of aryl methyl sites for hydroxylation is 1. The molecule has 0 aromatic heterocycles. The van der Waals surface area contributed by atoms with E-state index in [1.54, 1.807) is 12.1 Å². The van der Waals surface area contributed by atoms with Gasteiger partial charge in [-0.3, -0.25) is 0 Å². The summed E-state index contributed by atoms with van der Waals surface area (Å²) in [5.74, 6) is -0.163. The fraction of sp³-hybridized carbons (Fsp3) is 0.294. The van der Waals surface area contributed by atoms with Gasteiger partial charge in [-0.25, -0.2) is 4.39 Å². The molecule has 0 saturated heterocycles. The molecule has 0 heterocycles. The Morgan fingerprint density at radius 1 is 1.11 bits per heavy atom. The van der Waals surface area contributed by atoms with Crippen LogP contribution in [0.25, 0.3) is 0 Å². The maximum absolute atomic E-state index is 13.0. The monoisotopic (exact) mass is 257 g/mol. The van der Waals surface area contributed by atoms with Gasteiger partial charge in [0.15, 0.2) is 0 Å². The molecule has 0 amide bonds. The average molecular weight is 257 g/mol. The molecular weight excluding hydrogens is 237 g/mol. The Bertz CT molecular complexity index is 536. The number of hydrogen-bond acceptors (Lipinski definition) is 1. The average Bonchev–Trinajstić information content (AvgIpc) is 2.38. The third-order valence-corrected chi connectivity index (χ3v) is 3.30. The van der Waals surface area contributed by atoms with E-state index >= 15 is 0 Å². The number of nitrogens with one attached hydrogen (secondary N) is 1. The Morgan fingerprint density at radius 2 is 1.89 bits per heavy atom. The molecule has 1 unspecified atom stereocenters. The van der Waals surface area contributed by atoms with Gasteiger partial charge in [-0.1, -0.05) is 42.0 Å². The molecule has 0 aliphatic carbocycles. The lowest BCUT2D eigenvalue weighted by Gasteiger charge is -2.14. The SMILES string of the molecule is Cc1cccc(C(C)NCCc2cccc(F)c2)c1. The Labute approximate surface area is 114 Å². The minimum atomic E-state index is -0.163. The van der Waals surface area contributed by atoms with Crippen LogP contribution in [0.15, 0.2) is 48.5 Å². The maximum atomic E-state index is 13.0. The highest BCUT2D eigenvalue weighted by molar-refractivity contribution is 5.24. The predicted octanol–water partition coefficient (Wildman–Crippen LogP) is 4.03. The summed E-state index contributed by atoms with van der Waals surface area (Å²) in [5.41, 5.74) is 3.60. The standard InChI is InChI=1S/C17H20FN/c1-13-5-3-7-16(11-13)14(2)19-10-9-15-6-4-8-17(18)12-15/h3-8,11-12,14,19H,9-10H2,1-2H3. The first kappa shape index (κ1) is 13.8. The molecule has 0 aliphatic rings. The van der Waals surface area contributed by atoms with Gasteiger partial charge in [-0.05, 0) is 50.1 Å². The van der Waals surface area contributed by atoms with E-state index in [9.17, 15) is 4.39 Å². The van der Waals surface area contributed by atoms with Crippen molar-refractivity contribution in [3.63, 3.8) is 0 Å². The van der Waals surface area contributed by atoms with E-state index in [1.165, 1.54) is 17.2 Å². The molecule has 0 saturated carbocycles. The van der Waals surface area contributed by atoms with Crippen molar-refractivity contribution in [2.75, 3.05) is 6.54 Å². The van der Waals surface area contributed by atoms with E-state index < -0.39 is 0 Å². The van der Waals surface area contributed by atoms with Gasteiger partial charge in [0.25, 0.3) is 0 Å². The van der Waals surface area contributed by atoms with Crippen LogP contribution in [0.3, 0.4) is 0 Å². The van der Waals surface area contributed by atoms with Gasteiger partial charge in [0.2, 0.25) is 0 Å². The van der Waals surface area contributed by atoms with Crippen molar-refractivity contribution >= 4 is 0 Å². The Kier molecular flexibility index (Phi) is 4.69. The summed E-state index contributed by atoms with van der Waals surface area (Å²) in [6.07, 6.45) is 0.841. The van der Waals surface area contributed by atoms with Crippen LogP contribution >= 0.6 is 0 Å². The Morgan fingerprint density at radius 3 is 2.63 bits per heavy atom. The minimum absolute atomic E-state index is 0.163. The molecule has 2 aromatic carbocycles. The number of hydrogen-bond donors (Lipinski definition) is 1. The smallest absolute Gasteiger partial charge is 0.123 e. The predicted molar refractivity (Wildman–Crippen MR) is 77.7 cm³/mol. The van der Waals surface area contributed by atoms with Gasteiger partial charge >= 0.3 is 0 Å². The second-order valence-electron chi connectivity index (χ2n) is 4.97. The van der Waals surface area contributed by atoms with Crippen molar-refractivity contribution in [1.29, 1.82) is 0 Å². The highest BCUT2D eigenvalue weighted by Crippen LogP contribution is 2.13. The van der Waals surface area contributed by atoms with E-state index in [0.29, 0.717) is 6.04 Å². The molecule has 0 spiro atoms. The van der Waals surface area contributed by atoms with Crippen molar-refractivity contribution < 1.29 is 4.39 Å². The van der Waals surface area contributed by atoms with Crippen molar-refractivity contribution in [1.82, 2.24) is 5.32 Å². The summed E-state index contributed by atoms with van der Waals surface area (Å²) in [4.78, 5) is 0. The second kappa shape index (κ2) is 6.48. The summed E-state index contributed by atoms with van der Waals surface area (Å²) in [6.45, 7) is 5.10. The van der Waals surface area contributed by atoms with E-state index in [1.807, 2.05) is 6.07 Å². The summed E-state index contributed by atoms with van der Waals surface area (Å²) in [5, 5.41) is 3.47. The van der Waals surface area contributed by atoms with Gasteiger partial charge in [0.1, 0.15) is 5.82 Å². The van der Waals surface area contributed by atoms with Crippen molar-refractivity contribution in [3.05, 3.63) is 71.0 Å². The number of halogens is 1. The fourth-order valence-electron chi connectivity index (χ4n) is 2.18. The maximum Gasteiger partial charge on any atom is 0.123 e. The highest BCUT2D eigenvalue weighted by Gasteiger charge is 2.04. The van der Waals surface area contributed by atoms with Crippen LogP contribution < -0.4 is 5.32 Å². The van der Waals surface area contributed by atoms with E-state index in [0.717, 1.165) is 18.5 Å². The molecule has 1 nitrogen and oxygen atoms in total. The minimum Gasteiger partial charge on any atom is -0.310 e. The topological polar surface area (TPSA) is 12.0 Å². The first-order valence-electron chi connectivity index (χ1n) is 6.69. The van der Waals surface area contributed by atoms with Crippen LogP contribution in [0.5, 0.6) is 0 Å². The van der Waals surface area contributed by atoms with Crippen LogP contribution in [0, 0.1) is 12.7 Å². The fourth-order valence-corrected chi connectivity index (χ4v) is 2.18. The van der Waals surface area contributed by atoms with Crippen molar-refractivity contribution in [2.45, 2.75) is 26.3 Å². The van der Waals surface area contributed by atoms with Gasteiger partial charge in [0.05, 0.1) is 0 Å². The number of benzene rings is 2. The van der Waals surface area contributed by atoms with Gasteiger partial charge < -0.3 is 5.32 Å².